The van der Waals surface area contributed by atoms with Crippen molar-refractivity contribution < 1.29 is 24.0 Å². The van der Waals surface area contributed by atoms with Crippen LogP contribution >= 0.6 is 11.6 Å². The molecular weight excluding hydrogens is 608 g/mol. The van der Waals surface area contributed by atoms with E-state index in [9.17, 15) is 24.0 Å². The second-order valence-corrected chi connectivity index (χ2v) is 15.6. The second-order valence-electron chi connectivity index (χ2n) is 13.6. The lowest BCUT2D eigenvalue weighted by Crippen LogP contribution is -2.56. The summed E-state index contributed by atoms with van der Waals surface area (Å²) in [7, 11) is -1.45. The van der Waals surface area contributed by atoms with Crippen molar-refractivity contribution in [2.24, 2.45) is 23.7 Å². The molecule has 2 amide bonds. The summed E-state index contributed by atoms with van der Waals surface area (Å²) in [6.45, 7) is 4.00. The fourth-order valence-electron chi connectivity index (χ4n) is 6.44. The fraction of sp³-hybridized carbons (Fsp3) is 0.611. The number of carbonyl (C=O) groups is 2. The van der Waals surface area contributed by atoms with Crippen molar-refractivity contribution in [3.8, 4) is 0 Å². The number of aliphatic hydroxyl groups is 2. The number of halogens is 1. The van der Waals surface area contributed by atoms with Crippen LogP contribution in [-0.2, 0) is 26.8 Å². The van der Waals surface area contributed by atoms with Gasteiger partial charge in [0.2, 0.25) is 11.8 Å². The Balaban J connectivity index is 1.50. The minimum atomic E-state index is -1.45. The molecule has 7 nitrogen and oxygen atoms in total. The van der Waals surface area contributed by atoms with Crippen molar-refractivity contribution in [1.82, 2.24) is 10.6 Å². The number of rotatable bonds is 17. The molecule has 0 aliphatic heterocycles. The van der Waals surface area contributed by atoms with Gasteiger partial charge in [-0.25, -0.2) is 0 Å². The minimum Gasteiger partial charge on any atom is -0.390 e. The zero-order chi connectivity index (χ0) is 32.3. The van der Waals surface area contributed by atoms with Crippen LogP contribution in [0, 0.1) is 23.7 Å². The molecule has 2 aromatic rings. The topological polar surface area (TPSA) is 116 Å². The van der Waals surface area contributed by atoms with Gasteiger partial charge in [-0.05, 0) is 73.3 Å². The summed E-state index contributed by atoms with van der Waals surface area (Å²) in [4.78, 5) is 28.4. The van der Waals surface area contributed by atoms with Crippen LogP contribution in [0.3, 0.4) is 0 Å². The van der Waals surface area contributed by atoms with Gasteiger partial charge in [0, 0.05) is 15.7 Å². The van der Waals surface area contributed by atoms with Gasteiger partial charge in [0.15, 0.2) is 0 Å². The van der Waals surface area contributed by atoms with Crippen LogP contribution in [-0.4, -0.2) is 56.3 Å². The largest absolute Gasteiger partial charge is 0.390 e. The summed E-state index contributed by atoms with van der Waals surface area (Å²) in [5.74, 6) is -0.248. The highest BCUT2D eigenvalue weighted by atomic mass is 35.5. The van der Waals surface area contributed by atoms with Crippen LogP contribution in [0.15, 0.2) is 59.5 Å². The molecule has 6 atom stereocenters. The highest BCUT2D eigenvalue weighted by Gasteiger charge is 2.36. The van der Waals surface area contributed by atoms with Crippen molar-refractivity contribution in [3.63, 3.8) is 0 Å². The van der Waals surface area contributed by atoms with E-state index in [1.54, 1.807) is 24.3 Å². The molecule has 0 bridgehead atoms. The predicted octanol–water partition coefficient (Wildman–Crippen LogP) is 5.81. The van der Waals surface area contributed by atoms with Crippen LogP contribution in [0.25, 0.3) is 0 Å². The standard InChI is InChI=1S/C36H51ClN2O5S/c1-24(2)19-33(40)34(41)31(21-26-11-7-4-8-12-26)38-36(43)32(22-27-13-14-27)39-35(42)28(20-25-9-5-3-6-10-25)23-45(44)30-17-15-29(37)16-18-30/h3,5-6,9-10,15-18,24,26-28,31-34,40-41H,4,7-8,11-14,19-23H2,1-2H3,(H,38,43)(H,39,42)/t28-,31+,32+,33+,34-,45?/m1/s1. The van der Waals surface area contributed by atoms with Crippen molar-refractivity contribution in [2.45, 2.75) is 114 Å². The van der Waals surface area contributed by atoms with Gasteiger partial charge < -0.3 is 20.8 Å². The molecule has 4 N–H and O–H groups in total. The Morgan fingerprint density at radius 3 is 2.13 bits per heavy atom. The van der Waals surface area contributed by atoms with Crippen LogP contribution < -0.4 is 10.6 Å². The Bertz CT molecular complexity index is 1230. The van der Waals surface area contributed by atoms with Gasteiger partial charge in [0.1, 0.15) is 12.1 Å². The van der Waals surface area contributed by atoms with E-state index in [0.29, 0.717) is 47.4 Å². The molecular formula is C36H51ClN2O5S. The first-order valence-corrected chi connectivity index (χ1v) is 18.4. The van der Waals surface area contributed by atoms with E-state index in [-0.39, 0.29) is 23.5 Å². The third-order valence-corrected chi connectivity index (χ3v) is 10.9. The normalized spacial score (nSPS) is 19.7. The molecule has 2 aliphatic carbocycles. The van der Waals surface area contributed by atoms with E-state index in [2.05, 4.69) is 10.6 Å². The van der Waals surface area contributed by atoms with Crippen molar-refractivity contribution >= 4 is 34.2 Å². The maximum atomic E-state index is 13.9. The van der Waals surface area contributed by atoms with Crippen molar-refractivity contribution in [1.29, 1.82) is 0 Å². The number of amides is 2. The van der Waals surface area contributed by atoms with Gasteiger partial charge in [0.25, 0.3) is 0 Å². The maximum absolute atomic E-state index is 13.9. The fourth-order valence-corrected chi connectivity index (χ4v) is 7.83. The molecule has 0 aromatic heterocycles. The van der Waals surface area contributed by atoms with Crippen molar-refractivity contribution in [3.05, 3.63) is 65.2 Å². The molecule has 2 aliphatic rings. The summed E-state index contributed by atoms with van der Waals surface area (Å²) >= 11 is 6.03. The maximum Gasteiger partial charge on any atom is 0.242 e. The summed E-state index contributed by atoms with van der Waals surface area (Å²) < 4.78 is 13.4. The third kappa shape index (κ3) is 11.8. The Morgan fingerprint density at radius 2 is 1.51 bits per heavy atom. The van der Waals surface area contributed by atoms with E-state index < -0.39 is 41.0 Å². The molecule has 2 saturated carbocycles. The molecule has 2 aromatic carbocycles. The number of carbonyl (C=O) groups excluding carboxylic acids is 2. The molecule has 1 unspecified atom stereocenters. The average molecular weight is 659 g/mol. The molecule has 4 rings (SSSR count). The van der Waals surface area contributed by atoms with Crippen LogP contribution in [0.1, 0.15) is 83.6 Å². The highest BCUT2D eigenvalue weighted by Crippen LogP contribution is 2.34. The summed E-state index contributed by atoms with van der Waals surface area (Å²) in [5, 5.41) is 28.7. The zero-order valence-corrected chi connectivity index (χ0v) is 28.3. The van der Waals surface area contributed by atoms with E-state index in [4.69, 9.17) is 11.6 Å². The molecule has 248 valence electrons. The SMILES string of the molecule is CC(C)C[C@H](O)[C@H](O)[C@H](CC1CCCCC1)NC(=O)[C@H](CC1CC1)NC(=O)[C@H](Cc1ccccc1)CS(=O)c1ccc(Cl)cc1. The molecule has 2 fully saturated rings. The second kappa shape index (κ2) is 17.6. The van der Waals surface area contributed by atoms with E-state index in [1.807, 2.05) is 44.2 Å². The van der Waals surface area contributed by atoms with Gasteiger partial charge in [-0.2, -0.15) is 0 Å². The van der Waals surface area contributed by atoms with Crippen LogP contribution in [0.5, 0.6) is 0 Å². The minimum absolute atomic E-state index is 0.102. The number of hydrogen-bond donors (Lipinski definition) is 4. The Hall–Kier alpha value is -2.26. The molecule has 9 heteroatoms. The lowest BCUT2D eigenvalue weighted by atomic mass is 9.82. The van der Waals surface area contributed by atoms with E-state index in [0.717, 1.165) is 44.1 Å². The first-order chi connectivity index (χ1) is 21.6. The van der Waals surface area contributed by atoms with E-state index in [1.165, 1.54) is 6.42 Å². The van der Waals surface area contributed by atoms with Gasteiger partial charge in [-0.15, -0.1) is 0 Å². The third-order valence-electron chi connectivity index (χ3n) is 9.18. The molecule has 0 heterocycles. The Labute approximate surface area is 276 Å². The number of aliphatic hydroxyl groups excluding tert-OH is 2. The lowest BCUT2D eigenvalue weighted by molar-refractivity contribution is -0.132. The first kappa shape index (κ1) is 35.6. The van der Waals surface area contributed by atoms with Gasteiger partial charge >= 0.3 is 0 Å². The van der Waals surface area contributed by atoms with Crippen LogP contribution in [0.2, 0.25) is 5.02 Å². The zero-order valence-electron chi connectivity index (χ0n) is 26.7. The predicted molar refractivity (Wildman–Crippen MR) is 180 cm³/mol. The summed E-state index contributed by atoms with van der Waals surface area (Å²) in [6, 6.07) is 15.0. The number of nitrogens with one attached hydrogen (secondary N) is 2. The Kier molecular flexibility index (Phi) is 13.9. The van der Waals surface area contributed by atoms with Crippen LogP contribution in [0.4, 0.5) is 0 Å². The average Bonchev–Trinajstić information content (AvgIpc) is 3.85. The smallest absolute Gasteiger partial charge is 0.242 e. The van der Waals surface area contributed by atoms with Gasteiger partial charge in [-0.1, -0.05) is 101 Å². The summed E-state index contributed by atoms with van der Waals surface area (Å²) in [5.41, 5.74) is 0.948. The molecule has 0 saturated heterocycles. The molecule has 0 spiro atoms. The summed E-state index contributed by atoms with van der Waals surface area (Å²) in [6.07, 6.45) is 7.48. The molecule has 45 heavy (non-hydrogen) atoms. The van der Waals surface area contributed by atoms with Gasteiger partial charge in [-0.3, -0.25) is 13.8 Å². The van der Waals surface area contributed by atoms with E-state index >= 15 is 0 Å². The van der Waals surface area contributed by atoms with Crippen molar-refractivity contribution in [2.75, 3.05) is 5.75 Å². The van der Waals surface area contributed by atoms with Gasteiger partial charge in [0.05, 0.1) is 28.9 Å². The monoisotopic (exact) mass is 658 g/mol. The number of benzene rings is 2. The first-order valence-electron chi connectivity index (χ1n) is 16.7. The molecule has 0 radical (unpaired) electrons. The Morgan fingerprint density at radius 1 is 0.867 bits per heavy atom. The highest BCUT2D eigenvalue weighted by molar-refractivity contribution is 7.85. The number of hydrogen-bond acceptors (Lipinski definition) is 5. The lowest BCUT2D eigenvalue weighted by Gasteiger charge is -2.34. The quantitative estimate of drug-likeness (QED) is 0.171.